The Labute approximate surface area is 154 Å². The van der Waals surface area contributed by atoms with E-state index in [-0.39, 0.29) is 0 Å². The predicted octanol–water partition coefficient (Wildman–Crippen LogP) is 5.91. The molecule has 0 aliphatic rings. The van der Waals surface area contributed by atoms with Gasteiger partial charge < -0.3 is 9.47 Å². The van der Waals surface area contributed by atoms with E-state index in [1.54, 1.807) is 14.2 Å². The van der Waals surface area contributed by atoms with Crippen LogP contribution in [0.2, 0.25) is 0 Å². The first-order valence-electron chi connectivity index (χ1n) is 8.81. The molecule has 0 amide bonds. The molecular formula is C24H22O2. The van der Waals surface area contributed by atoms with Crippen molar-refractivity contribution in [1.29, 1.82) is 0 Å². The minimum atomic E-state index is 0.762. The van der Waals surface area contributed by atoms with E-state index in [1.165, 1.54) is 38.2 Å². The first kappa shape index (κ1) is 16.5. The summed E-state index contributed by atoms with van der Waals surface area (Å²) in [5, 5.41) is 4.88. The summed E-state index contributed by atoms with van der Waals surface area (Å²) in [5.74, 6) is 1.53. The number of benzene rings is 4. The summed E-state index contributed by atoms with van der Waals surface area (Å²) in [5.41, 5.74) is 3.88. The van der Waals surface area contributed by atoms with Gasteiger partial charge in [0.15, 0.2) is 11.5 Å². The van der Waals surface area contributed by atoms with Crippen molar-refractivity contribution < 1.29 is 9.47 Å². The summed E-state index contributed by atoms with van der Waals surface area (Å²) in [7, 11) is 3.37. The van der Waals surface area contributed by atoms with Gasteiger partial charge in [0, 0.05) is 0 Å². The van der Waals surface area contributed by atoms with Gasteiger partial charge in [-0.1, -0.05) is 60.2 Å². The summed E-state index contributed by atoms with van der Waals surface area (Å²) in [6.45, 7) is 2.12. The molecule has 0 spiro atoms. The minimum absolute atomic E-state index is 0.762. The standard InChI is InChI=1S/C24H22O2/c1-16-8-10-17(11-9-16)12-19-13-18-6-4-5-7-20(18)22-15-24(26-3)23(25-2)14-21(19)22/h4-11,13-15H,12H2,1-3H3. The van der Waals surface area contributed by atoms with Crippen molar-refractivity contribution in [2.45, 2.75) is 13.3 Å². The zero-order valence-electron chi connectivity index (χ0n) is 15.4. The fraction of sp³-hybridized carbons (Fsp3) is 0.167. The molecule has 0 N–H and O–H groups in total. The molecule has 2 nitrogen and oxygen atoms in total. The highest BCUT2D eigenvalue weighted by Crippen LogP contribution is 2.38. The fourth-order valence-corrected chi connectivity index (χ4v) is 3.57. The number of rotatable bonds is 4. The third kappa shape index (κ3) is 2.88. The van der Waals surface area contributed by atoms with Crippen LogP contribution in [0, 0.1) is 6.92 Å². The lowest BCUT2D eigenvalue weighted by atomic mass is 9.93. The Morgan fingerprint density at radius 1 is 0.692 bits per heavy atom. The zero-order chi connectivity index (χ0) is 18.1. The molecule has 0 aromatic heterocycles. The summed E-state index contributed by atoms with van der Waals surface area (Å²) in [6.07, 6.45) is 0.886. The number of methoxy groups -OCH3 is 2. The van der Waals surface area contributed by atoms with E-state index in [9.17, 15) is 0 Å². The van der Waals surface area contributed by atoms with Crippen molar-refractivity contribution in [2.75, 3.05) is 14.2 Å². The molecule has 0 radical (unpaired) electrons. The smallest absolute Gasteiger partial charge is 0.161 e. The van der Waals surface area contributed by atoms with Gasteiger partial charge in [-0.05, 0) is 58.1 Å². The van der Waals surface area contributed by atoms with Crippen LogP contribution in [0.5, 0.6) is 11.5 Å². The van der Waals surface area contributed by atoms with E-state index in [1.807, 2.05) is 0 Å². The molecule has 0 saturated heterocycles. The van der Waals surface area contributed by atoms with E-state index < -0.39 is 0 Å². The van der Waals surface area contributed by atoms with Gasteiger partial charge in [0.2, 0.25) is 0 Å². The van der Waals surface area contributed by atoms with Crippen LogP contribution >= 0.6 is 0 Å². The van der Waals surface area contributed by atoms with Gasteiger partial charge in [0.1, 0.15) is 0 Å². The Balaban J connectivity index is 1.98. The first-order chi connectivity index (χ1) is 12.7. The van der Waals surface area contributed by atoms with E-state index in [4.69, 9.17) is 9.47 Å². The Morgan fingerprint density at radius 3 is 2.04 bits per heavy atom. The van der Waals surface area contributed by atoms with Gasteiger partial charge in [-0.25, -0.2) is 0 Å². The van der Waals surface area contributed by atoms with Crippen LogP contribution in [0.1, 0.15) is 16.7 Å². The average Bonchev–Trinajstić information content (AvgIpc) is 2.68. The number of ether oxygens (including phenoxy) is 2. The lowest BCUT2D eigenvalue weighted by Gasteiger charge is -2.15. The largest absolute Gasteiger partial charge is 0.493 e. The fourth-order valence-electron chi connectivity index (χ4n) is 3.57. The highest BCUT2D eigenvalue weighted by molar-refractivity contribution is 6.10. The second-order valence-corrected chi connectivity index (χ2v) is 6.67. The molecule has 0 bridgehead atoms. The maximum absolute atomic E-state index is 5.55. The second-order valence-electron chi connectivity index (χ2n) is 6.67. The Kier molecular flexibility index (Phi) is 4.26. The highest BCUT2D eigenvalue weighted by atomic mass is 16.5. The molecule has 4 aromatic carbocycles. The number of aryl methyl sites for hydroxylation is 1. The van der Waals surface area contributed by atoms with Crippen LogP contribution in [0.4, 0.5) is 0 Å². The lowest BCUT2D eigenvalue weighted by molar-refractivity contribution is 0.356. The minimum Gasteiger partial charge on any atom is -0.493 e. The molecule has 0 aliphatic heterocycles. The Morgan fingerprint density at radius 2 is 1.35 bits per heavy atom. The molecule has 0 heterocycles. The third-order valence-corrected chi connectivity index (χ3v) is 4.97. The molecule has 0 unspecified atom stereocenters. The number of fused-ring (bicyclic) bond motifs is 3. The van der Waals surface area contributed by atoms with Crippen molar-refractivity contribution in [3.05, 3.63) is 83.4 Å². The summed E-state index contributed by atoms with van der Waals surface area (Å²) < 4.78 is 11.1. The van der Waals surface area contributed by atoms with Gasteiger partial charge in [-0.2, -0.15) is 0 Å². The van der Waals surface area contributed by atoms with Gasteiger partial charge >= 0.3 is 0 Å². The molecule has 0 aliphatic carbocycles. The van der Waals surface area contributed by atoms with Crippen LogP contribution in [0.25, 0.3) is 21.5 Å². The van der Waals surface area contributed by atoms with Gasteiger partial charge in [-0.15, -0.1) is 0 Å². The first-order valence-corrected chi connectivity index (χ1v) is 8.81. The van der Waals surface area contributed by atoms with E-state index in [0.717, 1.165) is 17.9 Å². The van der Waals surface area contributed by atoms with Gasteiger partial charge in [0.05, 0.1) is 14.2 Å². The van der Waals surface area contributed by atoms with E-state index in [2.05, 4.69) is 73.7 Å². The maximum atomic E-state index is 5.55. The molecule has 4 aromatic rings. The van der Waals surface area contributed by atoms with Crippen LogP contribution < -0.4 is 9.47 Å². The number of hydrogen-bond acceptors (Lipinski definition) is 2. The van der Waals surface area contributed by atoms with Crippen molar-refractivity contribution in [1.82, 2.24) is 0 Å². The lowest BCUT2D eigenvalue weighted by Crippen LogP contribution is -1.95. The van der Waals surface area contributed by atoms with Crippen molar-refractivity contribution in [3.8, 4) is 11.5 Å². The van der Waals surface area contributed by atoms with Crippen LogP contribution in [-0.2, 0) is 6.42 Å². The second kappa shape index (κ2) is 6.72. The van der Waals surface area contributed by atoms with Gasteiger partial charge in [-0.3, -0.25) is 0 Å². The topological polar surface area (TPSA) is 18.5 Å². The molecule has 0 fully saturated rings. The zero-order valence-corrected chi connectivity index (χ0v) is 15.4. The molecule has 4 rings (SSSR count). The molecule has 130 valence electrons. The summed E-state index contributed by atoms with van der Waals surface area (Å²) in [6, 6.07) is 23.7. The predicted molar refractivity (Wildman–Crippen MR) is 109 cm³/mol. The van der Waals surface area contributed by atoms with Crippen LogP contribution in [0.15, 0.2) is 66.7 Å². The monoisotopic (exact) mass is 342 g/mol. The van der Waals surface area contributed by atoms with E-state index >= 15 is 0 Å². The van der Waals surface area contributed by atoms with Crippen molar-refractivity contribution >= 4 is 21.5 Å². The normalized spacial score (nSPS) is 11.0. The summed E-state index contributed by atoms with van der Waals surface area (Å²) >= 11 is 0. The molecular weight excluding hydrogens is 320 g/mol. The van der Waals surface area contributed by atoms with Crippen molar-refractivity contribution in [3.63, 3.8) is 0 Å². The average molecular weight is 342 g/mol. The molecule has 0 atom stereocenters. The molecule has 0 saturated carbocycles. The van der Waals surface area contributed by atoms with Crippen molar-refractivity contribution in [2.24, 2.45) is 0 Å². The van der Waals surface area contributed by atoms with Crippen LogP contribution in [-0.4, -0.2) is 14.2 Å². The maximum Gasteiger partial charge on any atom is 0.161 e. The molecule has 2 heteroatoms. The summed E-state index contributed by atoms with van der Waals surface area (Å²) in [4.78, 5) is 0. The Bertz CT molecular complexity index is 1080. The number of hydrogen-bond donors (Lipinski definition) is 0. The highest BCUT2D eigenvalue weighted by Gasteiger charge is 2.12. The SMILES string of the molecule is COc1cc2c(Cc3ccc(C)cc3)cc3ccccc3c2cc1OC. The van der Waals surface area contributed by atoms with Crippen LogP contribution in [0.3, 0.4) is 0 Å². The van der Waals surface area contributed by atoms with E-state index in [0.29, 0.717) is 0 Å². The Hall–Kier alpha value is -3.00. The molecule has 26 heavy (non-hydrogen) atoms. The van der Waals surface area contributed by atoms with Gasteiger partial charge in [0.25, 0.3) is 0 Å². The third-order valence-electron chi connectivity index (χ3n) is 4.97. The quantitative estimate of drug-likeness (QED) is 0.429.